The highest BCUT2D eigenvalue weighted by Crippen LogP contribution is 2.19. The third kappa shape index (κ3) is 7.42. The first-order chi connectivity index (χ1) is 13.3. The van der Waals surface area contributed by atoms with Crippen molar-refractivity contribution < 1.29 is 23.9 Å². The van der Waals surface area contributed by atoms with Crippen LogP contribution in [-0.4, -0.2) is 67.5 Å². The van der Waals surface area contributed by atoms with Gasteiger partial charge in [0, 0.05) is 32.1 Å². The fourth-order valence-corrected chi connectivity index (χ4v) is 2.88. The minimum atomic E-state index is -0.823. The summed E-state index contributed by atoms with van der Waals surface area (Å²) in [7, 11) is 1.31. The molecule has 0 aromatic heterocycles. The van der Waals surface area contributed by atoms with Gasteiger partial charge in [0.1, 0.15) is 6.04 Å². The Kier molecular flexibility index (Phi) is 9.76. The number of esters is 1. The quantitative estimate of drug-likeness (QED) is 0.228. The lowest BCUT2D eigenvalue weighted by Gasteiger charge is -2.27. The molecule has 0 radical (unpaired) electrons. The Morgan fingerprint density at radius 1 is 1.21 bits per heavy atom. The summed E-state index contributed by atoms with van der Waals surface area (Å²) in [6.07, 6.45) is 4.09. The lowest BCUT2D eigenvalue weighted by molar-refractivity contribution is -0.140. The van der Waals surface area contributed by atoms with E-state index in [4.69, 9.17) is 0 Å². The van der Waals surface area contributed by atoms with Gasteiger partial charge in [-0.1, -0.05) is 11.6 Å². The summed E-state index contributed by atoms with van der Waals surface area (Å²) in [6.45, 7) is 8.05. The largest absolute Gasteiger partial charge is 0.469 e. The van der Waals surface area contributed by atoms with E-state index in [1.54, 1.807) is 19.9 Å². The van der Waals surface area contributed by atoms with Gasteiger partial charge in [0.25, 0.3) is 0 Å². The van der Waals surface area contributed by atoms with E-state index in [-0.39, 0.29) is 30.7 Å². The lowest BCUT2D eigenvalue weighted by atomic mass is 10.1. The summed E-state index contributed by atoms with van der Waals surface area (Å²) in [6, 6.07) is -1.76. The second-order valence-electron chi connectivity index (χ2n) is 6.71. The minimum Gasteiger partial charge on any atom is -0.469 e. The monoisotopic (exact) mass is 394 g/mol. The van der Waals surface area contributed by atoms with Crippen molar-refractivity contribution in [1.82, 2.24) is 20.9 Å². The van der Waals surface area contributed by atoms with Crippen LogP contribution in [0.1, 0.15) is 33.1 Å². The zero-order valence-corrected chi connectivity index (χ0v) is 16.7. The van der Waals surface area contributed by atoms with E-state index in [0.29, 0.717) is 25.9 Å². The molecule has 0 aliphatic carbocycles. The van der Waals surface area contributed by atoms with Gasteiger partial charge in [0.15, 0.2) is 0 Å². The lowest BCUT2D eigenvalue weighted by Crippen LogP contribution is -2.56. The molecule has 0 bridgehead atoms. The van der Waals surface area contributed by atoms with Gasteiger partial charge in [-0.2, -0.15) is 0 Å². The Balaban J connectivity index is 2.80. The number of methoxy groups -OCH3 is 1. The van der Waals surface area contributed by atoms with Crippen LogP contribution >= 0.6 is 0 Å². The maximum atomic E-state index is 12.7. The average molecular weight is 394 g/mol. The molecule has 1 fully saturated rings. The van der Waals surface area contributed by atoms with Crippen molar-refractivity contribution in [2.75, 3.05) is 26.7 Å². The summed E-state index contributed by atoms with van der Waals surface area (Å²) >= 11 is 0. The predicted molar refractivity (Wildman–Crippen MR) is 104 cm³/mol. The van der Waals surface area contributed by atoms with Crippen LogP contribution in [0.15, 0.2) is 24.3 Å². The molecule has 2 atom stereocenters. The van der Waals surface area contributed by atoms with Gasteiger partial charge < -0.3 is 25.6 Å². The Hall–Kier alpha value is -2.84. The van der Waals surface area contributed by atoms with Crippen molar-refractivity contribution in [2.45, 2.75) is 45.2 Å². The van der Waals surface area contributed by atoms with E-state index >= 15 is 0 Å². The van der Waals surface area contributed by atoms with Gasteiger partial charge in [-0.25, -0.2) is 4.79 Å². The summed E-state index contributed by atoms with van der Waals surface area (Å²) < 4.78 is 4.56. The van der Waals surface area contributed by atoms with E-state index in [1.807, 2.05) is 0 Å². The summed E-state index contributed by atoms with van der Waals surface area (Å²) in [5.41, 5.74) is 0.822. The Morgan fingerprint density at radius 3 is 2.54 bits per heavy atom. The molecule has 9 heteroatoms. The number of allylic oxidation sites excluding steroid dienone is 1. The Labute approximate surface area is 165 Å². The van der Waals surface area contributed by atoms with E-state index < -0.39 is 18.1 Å². The molecule has 28 heavy (non-hydrogen) atoms. The van der Waals surface area contributed by atoms with Crippen LogP contribution in [0.4, 0.5) is 4.79 Å². The topological polar surface area (TPSA) is 117 Å². The highest BCUT2D eigenvalue weighted by Gasteiger charge is 2.41. The maximum absolute atomic E-state index is 12.7. The molecule has 0 spiro atoms. The van der Waals surface area contributed by atoms with E-state index in [1.165, 1.54) is 18.1 Å². The Morgan fingerprint density at radius 2 is 1.93 bits per heavy atom. The number of amides is 4. The zero-order valence-electron chi connectivity index (χ0n) is 16.7. The summed E-state index contributed by atoms with van der Waals surface area (Å²) in [5.74, 6) is -0.994. The molecule has 9 nitrogen and oxygen atoms in total. The minimum absolute atomic E-state index is 0.188. The third-order valence-electron chi connectivity index (χ3n) is 4.17. The molecule has 1 aliphatic rings. The van der Waals surface area contributed by atoms with Crippen molar-refractivity contribution in [3.63, 3.8) is 0 Å². The average Bonchev–Trinajstić information content (AvgIpc) is 3.06. The standard InChI is InChI=1S/C19H30N4O5/c1-5-9-21-19(27)22-14-8-11-23(15(24)12-13(2)3)17(14)18(26)20-10-6-7-16(25)28-4/h5,12,14,17H,1,6-11H2,2-4H3,(H,20,26)(H2,21,22,27). The van der Waals surface area contributed by atoms with E-state index in [0.717, 1.165) is 5.57 Å². The fraction of sp³-hybridized carbons (Fsp3) is 0.579. The number of nitrogens with one attached hydrogen (secondary N) is 3. The van der Waals surface area contributed by atoms with Crippen LogP contribution in [0.25, 0.3) is 0 Å². The molecule has 1 aliphatic heterocycles. The SMILES string of the molecule is C=CCNC(=O)NC1CCN(C(=O)C=C(C)C)C1C(=O)NCCCC(=O)OC. The van der Waals surface area contributed by atoms with Crippen LogP contribution in [0, 0.1) is 0 Å². The van der Waals surface area contributed by atoms with E-state index in [9.17, 15) is 19.2 Å². The second kappa shape index (κ2) is 11.8. The molecular formula is C19H30N4O5. The number of carbonyl (C=O) groups excluding carboxylic acids is 4. The molecule has 1 heterocycles. The Bertz CT molecular complexity index is 628. The second-order valence-corrected chi connectivity index (χ2v) is 6.71. The number of rotatable bonds is 9. The van der Waals surface area contributed by atoms with Gasteiger partial charge >= 0.3 is 12.0 Å². The van der Waals surface area contributed by atoms with E-state index in [2.05, 4.69) is 27.3 Å². The highest BCUT2D eigenvalue weighted by molar-refractivity contribution is 5.94. The molecule has 0 saturated carbocycles. The number of ether oxygens (including phenoxy) is 1. The van der Waals surface area contributed by atoms with Crippen molar-refractivity contribution in [3.8, 4) is 0 Å². The first-order valence-corrected chi connectivity index (χ1v) is 9.25. The van der Waals surface area contributed by atoms with Crippen LogP contribution in [0.3, 0.4) is 0 Å². The fourth-order valence-electron chi connectivity index (χ4n) is 2.88. The van der Waals surface area contributed by atoms with Gasteiger partial charge in [-0.3, -0.25) is 14.4 Å². The summed E-state index contributed by atoms with van der Waals surface area (Å²) in [4.78, 5) is 49.8. The first-order valence-electron chi connectivity index (χ1n) is 9.25. The number of hydrogen-bond acceptors (Lipinski definition) is 5. The summed E-state index contributed by atoms with van der Waals surface area (Å²) in [5, 5.41) is 8.09. The van der Waals surface area contributed by atoms with Crippen molar-refractivity contribution in [3.05, 3.63) is 24.3 Å². The van der Waals surface area contributed by atoms with Gasteiger partial charge in [-0.15, -0.1) is 6.58 Å². The molecule has 0 aromatic carbocycles. The van der Waals surface area contributed by atoms with Crippen LogP contribution in [0.2, 0.25) is 0 Å². The van der Waals surface area contributed by atoms with Gasteiger partial charge in [0.05, 0.1) is 13.2 Å². The van der Waals surface area contributed by atoms with Crippen LogP contribution in [-0.2, 0) is 19.1 Å². The number of urea groups is 1. The predicted octanol–water partition coefficient (Wildman–Crippen LogP) is 0.477. The normalized spacial score (nSPS) is 18.0. The molecule has 156 valence electrons. The number of nitrogens with zero attached hydrogens (tertiary/aromatic N) is 1. The number of likely N-dealkylation sites (tertiary alicyclic amines) is 1. The molecular weight excluding hydrogens is 364 g/mol. The third-order valence-corrected chi connectivity index (χ3v) is 4.17. The molecule has 2 unspecified atom stereocenters. The van der Waals surface area contributed by atoms with Crippen molar-refractivity contribution >= 4 is 23.8 Å². The van der Waals surface area contributed by atoms with Crippen LogP contribution < -0.4 is 16.0 Å². The maximum Gasteiger partial charge on any atom is 0.315 e. The highest BCUT2D eigenvalue weighted by atomic mass is 16.5. The van der Waals surface area contributed by atoms with Gasteiger partial charge in [0.2, 0.25) is 11.8 Å². The first kappa shape index (κ1) is 23.2. The zero-order chi connectivity index (χ0) is 21.1. The number of hydrogen-bond donors (Lipinski definition) is 3. The molecule has 4 amide bonds. The van der Waals surface area contributed by atoms with Crippen LogP contribution in [0.5, 0.6) is 0 Å². The van der Waals surface area contributed by atoms with Gasteiger partial charge in [-0.05, 0) is 26.7 Å². The van der Waals surface area contributed by atoms with Crippen molar-refractivity contribution in [2.24, 2.45) is 0 Å². The van der Waals surface area contributed by atoms with Crippen molar-refractivity contribution in [1.29, 1.82) is 0 Å². The molecule has 0 aromatic rings. The smallest absolute Gasteiger partial charge is 0.315 e. The number of carbonyl (C=O) groups is 4. The molecule has 1 rings (SSSR count). The molecule has 3 N–H and O–H groups in total. The molecule has 1 saturated heterocycles.